The van der Waals surface area contributed by atoms with Gasteiger partial charge in [-0.3, -0.25) is 0 Å². The first-order valence-corrected chi connectivity index (χ1v) is 7.00. The SMILES string of the molecule is CCN(CC1CCCNC1)c1c(F)cc(C#N)cc1F. The summed E-state index contributed by atoms with van der Waals surface area (Å²) in [5.74, 6) is -0.919. The van der Waals surface area contributed by atoms with E-state index in [1.165, 1.54) is 0 Å². The van der Waals surface area contributed by atoms with Gasteiger partial charge in [-0.25, -0.2) is 8.78 Å². The second kappa shape index (κ2) is 6.67. The molecular weight excluding hydrogens is 260 g/mol. The van der Waals surface area contributed by atoms with E-state index in [0.29, 0.717) is 19.0 Å². The second-order valence-electron chi connectivity index (χ2n) is 5.15. The summed E-state index contributed by atoms with van der Waals surface area (Å²) < 4.78 is 28.1. The first kappa shape index (κ1) is 14.7. The van der Waals surface area contributed by atoms with Gasteiger partial charge in [-0.1, -0.05) is 0 Å². The van der Waals surface area contributed by atoms with E-state index in [2.05, 4.69) is 5.32 Å². The molecule has 0 aromatic heterocycles. The van der Waals surface area contributed by atoms with Crippen LogP contribution in [0.25, 0.3) is 0 Å². The maximum absolute atomic E-state index is 14.0. The Bertz CT molecular complexity index is 481. The number of piperidine rings is 1. The fourth-order valence-corrected chi connectivity index (χ4v) is 2.70. The van der Waals surface area contributed by atoms with Crippen molar-refractivity contribution < 1.29 is 8.78 Å². The van der Waals surface area contributed by atoms with Crippen LogP contribution in [0.4, 0.5) is 14.5 Å². The van der Waals surface area contributed by atoms with Gasteiger partial charge in [0.1, 0.15) is 5.69 Å². The van der Waals surface area contributed by atoms with E-state index >= 15 is 0 Å². The molecule has 0 radical (unpaired) electrons. The van der Waals surface area contributed by atoms with E-state index in [9.17, 15) is 8.78 Å². The summed E-state index contributed by atoms with van der Waals surface area (Å²) >= 11 is 0. The van der Waals surface area contributed by atoms with Crippen molar-refractivity contribution in [3.63, 3.8) is 0 Å². The predicted molar refractivity (Wildman–Crippen MR) is 74.6 cm³/mol. The Labute approximate surface area is 118 Å². The van der Waals surface area contributed by atoms with Crippen molar-refractivity contribution in [2.24, 2.45) is 5.92 Å². The van der Waals surface area contributed by atoms with Crippen LogP contribution in [0.3, 0.4) is 0 Å². The number of nitrogens with one attached hydrogen (secondary N) is 1. The summed E-state index contributed by atoms with van der Waals surface area (Å²) in [5.41, 5.74) is -0.00351. The van der Waals surface area contributed by atoms with Gasteiger partial charge >= 0.3 is 0 Å². The monoisotopic (exact) mass is 279 g/mol. The Kier molecular flexibility index (Phi) is 4.91. The van der Waals surface area contributed by atoms with Crippen LogP contribution in [0.1, 0.15) is 25.3 Å². The van der Waals surface area contributed by atoms with Crippen molar-refractivity contribution in [1.82, 2.24) is 5.32 Å². The van der Waals surface area contributed by atoms with Gasteiger partial charge in [0.15, 0.2) is 11.6 Å². The second-order valence-corrected chi connectivity index (χ2v) is 5.15. The molecule has 0 saturated carbocycles. The third kappa shape index (κ3) is 3.26. The minimum absolute atomic E-state index is 0.0131. The molecule has 5 heteroatoms. The average Bonchev–Trinajstić information content (AvgIpc) is 2.46. The fraction of sp³-hybridized carbons (Fsp3) is 0.533. The molecule has 0 bridgehead atoms. The van der Waals surface area contributed by atoms with E-state index in [4.69, 9.17) is 5.26 Å². The van der Waals surface area contributed by atoms with Gasteiger partial charge in [0.2, 0.25) is 0 Å². The molecule has 20 heavy (non-hydrogen) atoms. The van der Waals surface area contributed by atoms with Crippen molar-refractivity contribution in [2.45, 2.75) is 19.8 Å². The van der Waals surface area contributed by atoms with Crippen molar-refractivity contribution in [3.8, 4) is 6.07 Å². The lowest BCUT2D eigenvalue weighted by Crippen LogP contribution is -2.39. The highest BCUT2D eigenvalue weighted by Crippen LogP contribution is 2.26. The molecule has 1 heterocycles. The Morgan fingerprint density at radius 3 is 2.60 bits per heavy atom. The zero-order chi connectivity index (χ0) is 14.5. The molecule has 0 spiro atoms. The van der Waals surface area contributed by atoms with Crippen LogP contribution in [0.15, 0.2) is 12.1 Å². The minimum Gasteiger partial charge on any atom is -0.367 e. The Morgan fingerprint density at radius 1 is 1.40 bits per heavy atom. The minimum atomic E-state index is -0.660. The molecule has 1 aliphatic rings. The molecule has 1 saturated heterocycles. The standard InChI is InChI=1S/C15H19F2N3/c1-2-20(10-11-4-3-5-19-9-11)15-13(16)6-12(8-18)7-14(15)17/h6-7,11,19H,2-5,9-10H2,1H3. The smallest absolute Gasteiger partial charge is 0.150 e. The molecule has 108 valence electrons. The molecular formula is C15H19F2N3. The van der Waals surface area contributed by atoms with Crippen LogP contribution in [0, 0.1) is 28.9 Å². The van der Waals surface area contributed by atoms with Crippen molar-refractivity contribution in [2.75, 3.05) is 31.1 Å². The van der Waals surface area contributed by atoms with Crippen LogP contribution < -0.4 is 10.2 Å². The van der Waals surface area contributed by atoms with E-state index in [-0.39, 0.29) is 11.3 Å². The van der Waals surface area contributed by atoms with Crippen LogP contribution in [-0.4, -0.2) is 26.2 Å². The molecule has 3 nitrogen and oxygen atoms in total. The fourth-order valence-electron chi connectivity index (χ4n) is 2.70. The molecule has 1 aliphatic heterocycles. The van der Waals surface area contributed by atoms with Gasteiger partial charge in [-0.05, 0) is 50.9 Å². The quantitative estimate of drug-likeness (QED) is 0.921. The molecule has 1 aromatic carbocycles. The summed E-state index contributed by atoms with van der Waals surface area (Å²) in [4.78, 5) is 1.73. The Balaban J connectivity index is 2.20. The summed E-state index contributed by atoms with van der Waals surface area (Å²) in [7, 11) is 0. The van der Waals surface area contributed by atoms with Crippen LogP contribution >= 0.6 is 0 Å². The lowest BCUT2D eigenvalue weighted by Gasteiger charge is -2.31. The van der Waals surface area contributed by atoms with Crippen LogP contribution in [-0.2, 0) is 0 Å². The highest BCUT2D eigenvalue weighted by Gasteiger charge is 2.21. The molecule has 2 rings (SSSR count). The number of rotatable bonds is 4. The van der Waals surface area contributed by atoms with E-state index in [0.717, 1.165) is 38.1 Å². The molecule has 1 fully saturated rings. The number of hydrogen-bond donors (Lipinski definition) is 1. The van der Waals surface area contributed by atoms with Crippen molar-refractivity contribution >= 4 is 5.69 Å². The van der Waals surface area contributed by atoms with Gasteiger partial charge in [-0.2, -0.15) is 5.26 Å². The largest absolute Gasteiger partial charge is 0.367 e. The lowest BCUT2D eigenvalue weighted by atomic mass is 9.98. The molecule has 1 N–H and O–H groups in total. The van der Waals surface area contributed by atoms with Gasteiger partial charge in [0, 0.05) is 13.1 Å². The zero-order valence-corrected chi connectivity index (χ0v) is 11.6. The number of nitriles is 1. The molecule has 1 atom stereocenters. The van der Waals surface area contributed by atoms with Gasteiger partial charge < -0.3 is 10.2 Å². The number of benzene rings is 1. The van der Waals surface area contributed by atoms with Crippen LogP contribution in [0.5, 0.6) is 0 Å². The van der Waals surface area contributed by atoms with Gasteiger partial charge in [0.05, 0.1) is 11.6 Å². The normalized spacial score (nSPS) is 18.6. The number of halogens is 2. The Hall–Kier alpha value is -1.67. The zero-order valence-electron chi connectivity index (χ0n) is 11.6. The summed E-state index contributed by atoms with van der Waals surface area (Å²) in [6.07, 6.45) is 2.17. The summed E-state index contributed by atoms with van der Waals surface area (Å²) in [6.45, 7) is 4.95. The topological polar surface area (TPSA) is 39.1 Å². The molecule has 0 amide bonds. The maximum atomic E-state index is 14.0. The average molecular weight is 279 g/mol. The molecule has 1 aromatic rings. The third-order valence-electron chi connectivity index (χ3n) is 3.72. The number of hydrogen-bond acceptors (Lipinski definition) is 3. The molecule has 1 unspecified atom stereocenters. The van der Waals surface area contributed by atoms with Crippen molar-refractivity contribution in [1.29, 1.82) is 5.26 Å². The number of anilines is 1. The maximum Gasteiger partial charge on any atom is 0.150 e. The van der Waals surface area contributed by atoms with Gasteiger partial charge in [-0.15, -0.1) is 0 Å². The highest BCUT2D eigenvalue weighted by atomic mass is 19.1. The number of nitrogens with zero attached hydrogens (tertiary/aromatic N) is 2. The predicted octanol–water partition coefficient (Wildman–Crippen LogP) is 2.66. The first-order chi connectivity index (χ1) is 9.65. The Morgan fingerprint density at radius 2 is 2.10 bits per heavy atom. The molecule has 0 aliphatic carbocycles. The van der Waals surface area contributed by atoms with E-state index in [1.54, 1.807) is 11.0 Å². The van der Waals surface area contributed by atoms with E-state index in [1.807, 2.05) is 6.92 Å². The van der Waals surface area contributed by atoms with Gasteiger partial charge in [0.25, 0.3) is 0 Å². The van der Waals surface area contributed by atoms with Crippen molar-refractivity contribution in [3.05, 3.63) is 29.3 Å². The first-order valence-electron chi connectivity index (χ1n) is 7.00. The summed E-state index contributed by atoms with van der Waals surface area (Å²) in [6, 6.07) is 3.96. The third-order valence-corrected chi connectivity index (χ3v) is 3.72. The van der Waals surface area contributed by atoms with E-state index < -0.39 is 11.6 Å². The lowest BCUT2D eigenvalue weighted by molar-refractivity contribution is 0.375. The van der Waals surface area contributed by atoms with Crippen LogP contribution in [0.2, 0.25) is 0 Å². The summed E-state index contributed by atoms with van der Waals surface area (Å²) in [5, 5.41) is 12.0. The highest BCUT2D eigenvalue weighted by molar-refractivity contribution is 5.52.